The minimum atomic E-state index is -4.68. The second-order valence-electron chi connectivity index (χ2n) is 9.78. The van der Waals surface area contributed by atoms with Crippen LogP contribution in [0.2, 0.25) is 0 Å². The van der Waals surface area contributed by atoms with Gasteiger partial charge >= 0.3 is 12.1 Å². The van der Waals surface area contributed by atoms with Gasteiger partial charge in [-0.15, -0.1) is 0 Å². The van der Waals surface area contributed by atoms with Gasteiger partial charge in [-0.3, -0.25) is 0 Å². The molecule has 0 spiro atoms. The van der Waals surface area contributed by atoms with Gasteiger partial charge in [-0.2, -0.15) is 13.2 Å². The molecule has 4 aromatic rings. The van der Waals surface area contributed by atoms with E-state index in [9.17, 15) is 26.4 Å². The van der Waals surface area contributed by atoms with Crippen molar-refractivity contribution in [1.82, 2.24) is 8.96 Å². The summed E-state index contributed by atoms with van der Waals surface area (Å²) in [6.45, 7) is 5.86. The van der Waals surface area contributed by atoms with Crippen molar-refractivity contribution in [2.45, 2.75) is 50.1 Å². The van der Waals surface area contributed by atoms with Gasteiger partial charge in [0.1, 0.15) is 5.69 Å². The van der Waals surface area contributed by atoms with Crippen LogP contribution in [0.4, 0.5) is 13.2 Å². The van der Waals surface area contributed by atoms with Gasteiger partial charge < -0.3 is 5.11 Å². The third kappa shape index (κ3) is 5.39. The minimum absolute atomic E-state index is 0.0179. The molecule has 1 N–H and O–H groups in total. The van der Waals surface area contributed by atoms with Crippen molar-refractivity contribution in [3.8, 4) is 0 Å². The van der Waals surface area contributed by atoms with Gasteiger partial charge in [0, 0.05) is 5.69 Å². The van der Waals surface area contributed by atoms with Gasteiger partial charge in [0.05, 0.1) is 21.5 Å². The molecule has 2 heterocycles. The Hall–Kier alpha value is -3.66. The number of aromatic nitrogens is 2. The lowest BCUT2D eigenvalue weighted by molar-refractivity contribution is -0.140. The van der Waals surface area contributed by atoms with E-state index in [1.807, 2.05) is 26.8 Å². The van der Waals surface area contributed by atoms with Crippen LogP contribution in [0.15, 0.2) is 71.6 Å². The molecule has 0 unspecified atom stereocenters. The van der Waals surface area contributed by atoms with E-state index in [2.05, 4.69) is 4.98 Å². The van der Waals surface area contributed by atoms with Gasteiger partial charge in [0.2, 0.25) is 0 Å². The molecule has 0 radical (unpaired) electrons. The van der Waals surface area contributed by atoms with Crippen LogP contribution in [0, 0.1) is 0 Å². The van der Waals surface area contributed by atoms with Crippen molar-refractivity contribution in [2.24, 2.45) is 0 Å². The van der Waals surface area contributed by atoms with Crippen molar-refractivity contribution < 1.29 is 31.5 Å². The Balaban J connectivity index is 1.83. The fourth-order valence-corrected chi connectivity index (χ4v) is 5.65. The smallest absolute Gasteiger partial charge is 0.433 e. The Labute approximate surface area is 212 Å². The molecule has 0 fully saturated rings. The molecule has 0 aliphatic heterocycles. The molecule has 2 aromatic heterocycles. The number of aromatic carboxylic acids is 1. The first-order chi connectivity index (χ1) is 17.2. The lowest BCUT2D eigenvalue weighted by Gasteiger charge is -2.20. The summed E-state index contributed by atoms with van der Waals surface area (Å²) in [6.07, 6.45) is -4.18. The fourth-order valence-electron chi connectivity index (χ4n) is 4.05. The predicted molar refractivity (Wildman–Crippen MR) is 133 cm³/mol. The predicted octanol–water partition coefficient (Wildman–Crippen LogP) is 6.07. The molecular weight excluding hydrogens is 505 g/mol. The monoisotopic (exact) mass is 530 g/mol. The quantitative estimate of drug-likeness (QED) is 0.327. The Morgan fingerprint density at radius 3 is 2.22 bits per heavy atom. The first kappa shape index (κ1) is 26.4. The highest BCUT2D eigenvalue weighted by Crippen LogP contribution is 2.33. The highest BCUT2D eigenvalue weighted by molar-refractivity contribution is 7.90. The number of rotatable bonds is 6. The van der Waals surface area contributed by atoms with Crippen LogP contribution < -0.4 is 0 Å². The summed E-state index contributed by atoms with van der Waals surface area (Å²) in [6, 6.07) is 15.9. The molecule has 0 aliphatic carbocycles. The number of carboxylic acids is 1. The van der Waals surface area contributed by atoms with Crippen molar-refractivity contribution in [3.05, 3.63) is 94.8 Å². The fraction of sp³-hybridized carbons (Fsp3) is 0.259. The second-order valence-corrected chi connectivity index (χ2v) is 11.6. The number of pyridine rings is 1. The minimum Gasteiger partial charge on any atom is -0.478 e. The summed E-state index contributed by atoms with van der Waals surface area (Å²) in [7, 11) is -4.19. The van der Waals surface area contributed by atoms with E-state index in [4.69, 9.17) is 5.11 Å². The summed E-state index contributed by atoms with van der Waals surface area (Å²) in [5, 5.41) is 9.09. The van der Waals surface area contributed by atoms with Crippen molar-refractivity contribution >= 4 is 27.0 Å². The van der Waals surface area contributed by atoms with Crippen LogP contribution in [0.25, 0.3) is 11.0 Å². The van der Waals surface area contributed by atoms with E-state index in [1.54, 1.807) is 24.3 Å². The van der Waals surface area contributed by atoms with E-state index in [-0.39, 0.29) is 39.0 Å². The van der Waals surface area contributed by atoms with Gasteiger partial charge in [0.15, 0.2) is 0 Å². The van der Waals surface area contributed by atoms with Gasteiger partial charge in [-0.1, -0.05) is 45.0 Å². The molecule has 6 nitrogen and oxygen atoms in total. The van der Waals surface area contributed by atoms with E-state index >= 15 is 0 Å². The van der Waals surface area contributed by atoms with Crippen molar-refractivity contribution in [2.75, 3.05) is 0 Å². The van der Waals surface area contributed by atoms with Crippen LogP contribution in [-0.2, 0) is 34.5 Å². The maximum Gasteiger partial charge on any atom is 0.433 e. The topological polar surface area (TPSA) is 89.3 Å². The molecule has 10 heteroatoms. The number of halogens is 3. The molecule has 0 bridgehead atoms. The summed E-state index contributed by atoms with van der Waals surface area (Å²) < 4.78 is 68.7. The number of aryl methyl sites for hydroxylation is 2. The molecule has 0 saturated carbocycles. The van der Waals surface area contributed by atoms with Gasteiger partial charge in [-0.25, -0.2) is 22.2 Å². The van der Waals surface area contributed by atoms with Crippen LogP contribution >= 0.6 is 0 Å². The Bertz CT molecular complexity index is 1580. The molecular formula is C27H25F3N2O4S. The molecule has 37 heavy (non-hydrogen) atoms. The Kier molecular flexibility index (Phi) is 6.66. The first-order valence-corrected chi connectivity index (χ1v) is 12.9. The molecule has 0 saturated heterocycles. The van der Waals surface area contributed by atoms with Crippen LogP contribution in [0.3, 0.4) is 0 Å². The second kappa shape index (κ2) is 9.33. The zero-order valence-electron chi connectivity index (χ0n) is 20.4. The number of benzene rings is 2. The lowest BCUT2D eigenvalue weighted by Crippen LogP contribution is -2.18. The number of fused-ring (bicyclic) bond motifs is 1. The zero-order chi connectivity index (χ0) is 27.2. The number of alkyl halides is 3. The highest BCUT2D eigenvalue weighted by Gasteiger charge is 2.33. The SMILES string of the molecule is CC(C)(C)c1cccc(S(=O)(=O)n2c(CCc3ccc(C(=O)O)cc3)cc3nc(C(F)(F)F)ccc32)c1. The molecule has 194 valence electrons. The molecule has 4 rings (SSSR count). The highest BCUT2D eigenvalue weighted by atomic mass is 32.2. The number of hydrogen-bond acceptors (Lipinski definition) is 4. The van der Waals surface area contributed by atoms with E-state index in [0.29, 0.717) is 6.42 Å². The Morgan fingerprint density at radius 1 is 0.946 bits per heavy atom. The number of nitrogens with zero attached hydrogens (tertiary/aromatic N) is 2. The number of hydrogen-bond donors (Lipinski definition) is 1. The summed E-state index contributed by atoms with van der Waals surface area (Å²) in [5.41, 5.74) is 0.458. The van der Waals surface area contributed by atoms with E-state index in [0.717, 1.165) is 27.2 Å². The maximum absolute atomic E-state index is 13.9. The normalized spacial score (nSPS) is 12.7. The molecule has 0 atom stereocenters. The van der Waals surface area contributed by atoms with Crippen LogP contribution in [-0.4, -0.2) is 28.5 Å². The lowest BCUT2D eigenvalue weighted by atomic mass is 9.87. The summed E-state index contributed by atoms with van der Waals surface area (Å²) in [4.78, 5) is 14.8. The Morgan fingerprint density at radius 2 is 1.62 bits per heavy atom. The largest absolute Gasteiger partial charge is 0.478 e. The summed E-state index contributed by atoms with van der Waals surface area (Å²) >= 11 is 0. The maximum atomic E-state index is 13.9. The average Bonchev–Trinajstić information content (AvgIpc) is 3.20. The zero-order valence-corrected chi connectivity index (χ0v) is 21.2. The summed E-state index contributed by atoms with van der Waals surface area (Å²) in [5.74, 6) is -1.07. The number of carboxylic acid groups (broad SMARTS) is 1. The van der Waals surface area contributed by atoms with Gasteiger partial charge in [-0.05, 0) is 71.8 Å². The van der Waals surface area contributed by atoms with E-state index < -0.39 is 27.9 Å². The van der Waals surface area contributed by atoms with Gasteiger partial charge in [0.25, 0.3) is 10.0 Å². The average molecular weight is 531 g/mol. The standard InChI is InChI=1S/C27H25F3N2O4S/c1-26(2,3)19-5-4-6-21(15-19)37(35,36)32-20(12-9-17-7-10-18(11-8-17)25(33)34)16-22-23(32)13-14-24(31-22)27(28,29)30/h4-8,10-11,13-16H,9,12H2,1-3H3,(H,33,34). The van der Waals surface area contributed by atoms with Crippen LogP contribution in [0.5, 0.6) is 0 Å². The van der Waals surface area contributed by atoms with Crippen molar-refractivity contribution in [1.29, 1.82) is 0 Å². The van der Waals surface area contributed by atoms with Crippen LogP contribution in [0.1, 0.15) is 53.6 Å². The third-order valence-electron chi connectivity index (χ3n) is 6.08. The van der Waals surface area contributed by atoms with E-state index in [1.165, 1.54) is 24.3 Å². The molecule has 0 amide bonds. The van der Waals surface area contributed by atoms with Crippen molar-refractivity contribution in [3.63, 3.8) is 0 Å². The first-order valence-electron chi connectivity index (χ1n) is 11.4. The number of carbonyl (C=O) groups is 1. The molecule has 2 aromatic carbocycles. The third-order valence-corrected chi connectivity index (χ3v) is 7.85. The molecule has 0 aliphatic rings.